The largest absolute Gasteiger partial charge is 0.494 e. The Labute approximate surface area is 114 Å². The van der Waals surface area contributed by atoms with Crippen LogP contribution in [0.5, 0.6) is 5.75 Å². The number of hydrogen-bond acceptors (Lipinski definition) is 6. The summed E-state index contributed by atoms with van der Waals surface area (Å²) in [6.45, 7) is 2.07. The van der Waals surface area contributed by atoms with E-state index < -0.39 is 11.8 Å². The molecule has 0 bridgehead atoms. The summed E-state index contributed by atoms with van der Waals surface area (Å²) in [5.74, 6) is -0.985. The predicted molar refractivity (Wildman–Crippen MR) is 65.8 cm³/mol. The van der Waals surface area contributed by atoms with Gasteiger partial charge in [0, 0.05) is 0 Å². The van der Waals surface area contributed by atoms with Gasteiger partial charge in [0.2, 0.25) is 0 Å². The van der Waals surface area contributed by atoms with Crippen molar-refractivity contribution in [1.29, 1.82) is 0 Å². The Balaban J connectivity index is 2.20. The van der Waals surface area contributed by atoms with Crippen LogP contribution in [0.2, 0.25) is 0 Å². The molecule has 0 spiro atoms. The Morgan fingerprint density at radius 3 is 2.90 bits per heavy atom. The molecule has 0 unspecified atom stereocenters. The highest BCUT2D eigenvalue weighted by atomic mass is 19.1. The smallest absolute Gasteiger partial charge is 0.378 e. The number of carbonyl (C=O) groups excluding carboxylic acids is 1. The van der Waals surface area contributed by atoms with Gasteiger partial charge in [0.25, 0.3) is 5.82 Å². The van der Waals surface area contributed by atoms with Crippen molar-refractivity contribution in [3.05, 3.63) is 35.4 Å². The number of halogens is 1. The van der Waals surface area contributed by atoms with Crippen molar-refractivity contribution in [2.45, 2.75) is 13.5 Å². The third kappa shape index (κ3) is 2.90. The van der Waals surface area contributed by atoms with Gasteiger partial charge in [0.1, 0.15) is 0 Å². The molecule has 0 aliphatic carbocycles. The Kier molecular flexibility index (Phi) is 4.24. The van der Waals surface area contributed by atoms with Crippen LogP contribution in [-0.4, -0.2) is 39.9 Å². The van der Waals surface area contributed by atoms with Crippen LogP contribution in [0.1, 0.15) is 23.1 Å². The Morgan fingerprint density at radius 2 is 2.25 bits per heavy atom. The highest BCUT2D eigenvalue weighted by molar-refractivity contribution is 5.85. The fourth-order valence-electron chi connectivity index (χ4n) is 1.63. The van der Waals surface area contributed by atoms with E-state index in [4.69, 9.17) is 9.47 Å². The second kappa shape index (κ2) is 6.09. The minimum absolute atomic E-state index is 0.0249. The van der Waals surface area contributed by atoms with E-state index in [2.05, 4.69) is 15.5 Å². The molecule has 1 aromatic heterocycles. The molecule has 0 aliphatic heterocycles. The second-order valence-electron chi connectivity index (χ2n) is 3.85. The molecule has 0 amide bonds. The van der Waals surface area contributed by atoms with E-state index in [9.17, 15) is 9.18 Å². The van der Waals surface area contributed by atoms with E-state index in [1.54, 1.807) is 13.0 Å². The van der Waals surface area contributed by atoms with Crippen LogP contribution in [0, 0.1) is 5.82 Å². The zero-order valence-electron chi connectivity index (χ0n) is 11.0. The first-order valence-corrected chi connectivity index (χ1v) is 5.91. The molecule has 0 fully saturated rings. The third-order valence-electron chi connectivity index (χ3n) is 2.54. The Bertz CT molecular complexity index is 614. The van der Waals surface area contributed by atoms with Crippen molar-refractivity contribution < 1.29 is 18.7 Å². The highest BCUT2D eigenvalue weighted by Gasteiger charge is 2.17. The molecule has 2 aromatic rings. The van der Waals surface area contributed by atoms with Crippen LogP contribution in [0.4, 0.5) is 4.39 Å². The van der Waals surface area contributed by atoms with Gasteiger partial charge in [-0.15, -0.1) is 5.10 Å². The van der Waals surface area contributed by atoms with Gasteiger partial charge in [0.15, 0.2) is 11.6 Å². The van der Waals surface area contributed by atoms with Crippen molar-refractivity contribution in [2.24, 2.45) is 0 Å². The van der Waals surface area contributed by atoms with Crippen LogP contribution >= 0.6 is 0 Å². The van der Waals surface area contributed by atoms with E-state index in [0.717, 1.165) is 0 Å². The maximum absolute atomic E-state index is 13.6. The van der Waals surface area contributed by atoms with Gasteiger partial charge < -0.3 is 9.47 Å². The van der Waals surface area contributed by atoms with Crippen LogP contribution in [0.15, 0.2) is 18.2 Å². The van der Waals surface area contributed by atoms with Gasteiger partial charge >= 0.3 is 5.97 Å². The van der Waals surface area contributed by atoms with Gasteiger partial charge in [-0.05, 0) is 35.0 Å². The minimum Gasteiger partial charge on any atom is -0.494 e. The maximum Gasteiger partial charge on any atom is 0.378 e. The number of esters is 1. The molecule has 0 saturated carbocycles. The normalized spacial score (nSPS) is 10.3. The zero-order chi connectivity index (χ0) is 14.5. The molecule has 1 aromatic carbocycles. The summed E-state index contributed by atoms with van der Waals surface area (Å²) < 4.78 is 24.5. The summed E-state index contributed by atoms with van der Waals surface area (Å²) in [6.07, 6.45) is 0. The van der Waals surface area contributed by atoms with E-state index in [0.29, 0.717) is 5.56 Å². The number of carbonyl (C=O) groups is 1. The number of ether oxygens (including phenoxy) is 2. The molecular formula is C12H13FN4O3. The highest BCUT2D eigenvalue weighted by Crippen LogP contribution is 2.18. The van der Waals surface area contributed by atoms with E-state index >= 15 is 0 Å². The van der Waals surface area contributed by atoms with Gasteiger partial charge in [0.05, 0.1) is 20.3 Å². The standard InChI is InChI=1S/C12H13FN4O3/c1-3-20-12(18)11-14-15-16-17(11)7-8-4-5-10(19-2)9(13)6-8/h4-6H,3,7H2,1-2H3. The minimum atomic E-state index is -0.619. The summed E-state index contributed by atoms with van der Waals surface area (Å²) in [5, 5.41) is 10.7. The summed E-state index contributed by atoms with van der Waals surface area (Å²) in [7, 11) is 1.39. The summed E-state index contributed by atoms with van der Waals surface area (Å²) in [6, 6.07) is 4.47. The van der Waals surface area contributed by atoms with E-state index in [1.165, 1.54) is 23.9 Å². The van der Waals surface area contributed by atoms with Crippen LogP contribution in [0.25, 0.3) is 0 Å². The molecule has 0 aliphatic rings. The topological polar surface area (TPSA) is 79.1 Å². The fraction of sp³-hybridized carbons (Fsp3) is 0.333. The number of nitrogens with zero attached hydrogens (tertiary/aromatic N) is 4. The van der Waals surface area contributed by atoms with E-state index in [-0.39, 0.29) is 24.7 Å². The Hall–Kier alpha value is -2.51. The lowest BCUT2D eigenvalue weighted by molar-refractivity contribution is 0.0505. The molecule has 0 radical (unpaired) electrons. The molecule has 8 heteroatoms. The SMILES string of the molecule is CCOC(=O)c1nnnn1Cc1ccc(OC)c(F)c1. The molecular weight excluding hydrogens is 267 g/mol. The summed E-state index contributed by atoms with van der Waals surface area (Å²) >= 11 is 0. The molecule has 106 valence electrons. The van der Waals surface area contributed by atoms with Crippen molar-refractivity contribution in [3.8, 4) is 5.75 Å². The number of benzene rings is 1. The van der Waals surface area contributed by atoms with Crippen LogP contribution in [0.3, 0.4) is 0 Å². The number of aromatic nitrogens is 4. The van der Waals surface area contributed by atoms with Crippen LogP contribution in [-0.2, 0) is 11.3 Å². The summed E-state index contributed by atoms with van der Waals surface area (Å²) in [5.41, 5.74) is 0.598. The Morgan fingerprint density at radius 1 is 1.45 bits per heavy atom. The lowest BCUT2D eigenvalue weighted by Gasteiger charge is -2.06. The number of methoxy groups -OCH3 is 1. The monoisotopic (exact) mass is 280 g/mol. The first-order valence-electron chi connectivity index (χ1n) is 5.91. The van der Waals surface area contributed by atoms with Gasteiger partial charge in [-0.1, -0.05) is 6.07 Å². The zero-order valence-corrected chi connectivity index (χ0v) is 11.0. The first-order chi connectivity index (χ1) is 9.65. The van der Waals surface area contributed by atoms with Crippen molar-refractivity contribution in [3.63, 3.8) is 0 Å². The first kappa shape index (κ1) is 13.9. The molecule has 7 nitrogen and oxygen atoms in total. The number of hydrogen-bond donors (Lipinski definition) is 0. The van der Waals surface area contributed by atoms with E-state index in [1.807, 2.05) is 0 Å². The average Bonchev–Trinajstić information content (AvgIpc) is 2.87. The van der Waals surface area contributed by atoms with Crippen molar-refractivity contribution in [2.75, 3.05) is 13.7 Å². The molecule has 0 N–H and O–H groups in total. The second-order valence-corrected chi connectivity index (χ2v) is 3.85. The van der Waals surface area contributed by atoms with Gasteiger partial charge in [-0.25, -0.2) is 13.9 Å². The predicted octanol–water partition coefficient (Wildman–Crippen LogP) is 1.05. The lowest BCUT2D eigenvalue weighted by Crippen LogP contribution is -2.15. The molecule has 0 atom stereocenters. The average molecular weight is 280 g/mol. The summed E-state index contributed by atoms with van der Waals surface area (Å²) in [4.78, 5) is 11.6. The van der Waals surface area contributed by atoms with Gasteiger partial charge in [-0.2, -0.15) is 0 Å². The molecule has 20 heavy (non-hydrogen) atoms. The quantitative estimate of drug-likeness (QED) is 0.761. The van der Waals surface area contributed by atoms with Crippen molar-refractivity contribution >= 4 is 5.97 Å². The third-order valence-corrected chi connectivity index (χ3v) is 2.54. The molecule has 0 saturated heterocycles. The lowest BCUT2D eigenvalue weighted by atomic mass is 10.2. The number of tetrazole rings is 1. The van der Waals surface area contributed by atoms with Gasteiger partial charge in [-0.3, -0.25) is 0 Å². The molecule has 2 rings (SSSR count). The fourth-order valence-corrected chi connectivity index (χ4v) is 1.63. The number of rotatable bonds is 5. The van der Waals surface area contributed by atoms with Crippen molar-refractivity contribution in [1.82, 2.24) is 20.2 Å². The maximum atomic E-state index is 13.6. The van der Waals surface area contributed by atoms with Crippen LogP contribution < -0.4 is 4.74 Å². The molecule has 1 heterocycles.